The van der Waals surface area contributed by atoms with E-state index in [0.29, 0.717) is 5.75 Å². The SMILES string of the molecule is CS(=O)(=O)N(CC(=O)NCCOc1ccccc1)c1ccccc1Cl. The first-order valence-corrected chi connectivity index (χ1v) is 9.77. The van der Waals surface area contributed by atoms with E-state index in [2.05, 4.69) is 5.32 Å². The van der Waals surface area contributed by atoms with Crippen LogP contribution in [0, 0.1) is 0 Å². The zero-order chi connectivity index (χ0) is 18.3. The van der Waals surface area contributed by atoms with Gasteiger partial charge in [0.15, 0.2) is 0 Å². The second-order valence-corrected chi connectivity index (χ2v) is 7.55. The second-order valence-electron chi connectivity index (χ2n) is 5.23. The topological polar surface area (TPSA) is 75.7 Å². The van der Waals surface area contributed by atoms with Crippen LogP contribution in [0.2, 0.25) is 5.02 Å². The average molecular weight is 383 g/mol. The number of carbonyl (C=O) groups is 1. The molecule has 0 saturated carbocycles. The number of hydrogen-bond donors (Lipinski definition) is 1. The molecule has 25 heavy (non-hydrogen) atoms. The van der Waals surface area contributed by atoms with Crippen LogP contribution in [0.25, 0.3) is 0 Å². The molecule has 6 nitrogen and oxygen atoms in total. The predicted octanol–water partition coefficient (Wildman–Crippen LogP) is 2.30. The Labute approximate surface area is 152 Å². The van der Waals surface area contributed by atoms with E-state index in [-0.39, 0.29) is 30.4 Å². The number of ether oxygens (including phenoxy) is 1. The molecule has 0 aliphatic carbocycles. The molecule has 0 spiro atoms. The summed E-state index contributed by atoms with van der Waals surface area (Å²) in [6.07, 6.45) is 1.03. The quantitative estimate of drug-likeness (QED) is 0.711. The Bertz CT molecular complexity index is 812. The number of benzene rings is 2. The van der Waals surface area contributed by atoms with Gasteiger partial charge < -0.3 is 10.1 Å². The van der Waals surface area contributed by atoms with Gasteiger partial charge in [-0.05, 0) is 24.3 Å². The largest absolute Gasteiger partial charge is 0.492 e. The molecule has 1 amide bonds. The van der Waals surface area contributed by atoms with Crippen LogP contribution in [0.15, 0.2) is 54.6 Å². The molecule has 0 heterocycles. The molecule has 0 radical (unpaired) electrons. The van der Waals surface area contributed by atoms with Gasteiger partial charge in [0, 0.05) is 0 Å². The Balaban J connectivity index is 1.91. The second kappa shape index (κ2) is 8.73. The number of carbonyl (C=O) groups excluding carboxylic acids is 1. The molecular weight excluding hydrogens is 364 g/mol. The van der Waals surface area contributed by atoms with Gasteiger partial charge in [0.05, 0.1) is 23.5 Å². The smallest absolute Gasteiger partial charge is 0.240 e. The molecule has 0 fully saturated rings. The summed E-state index contributed by atoms with van der Waals surface area (Å²) >= 11 is 6.05. The highest BCUT2D eigenvalue weighted by atomic mass is 35.5. The third-order valence-electron chi connectivity index (χ3n) is 3.24. The Morgan fingerprint density at radius 1 is 1.12 bits per heavy atom. The fraction of sp³-hybridized carbons (Fsp3) is 0.235. The van der Waals surface area contributed by atoms with Crippen molar-refractivity contribution in [2.24, 2.45) is 0 Å². The number of sulfonamides is 1. The summed E-state index contributed by atoms with van der Waals surface area (Å²) in [5.74, 6) is 0.257. The van der Waals surface area contributed by atoms with Crippen molar-refractivity contribution < 1.29 is 17.9 Å². The van der Waals surface area contributed by atoms with E-state index in [0.717, 1.165) is 10.6 Å². The molecule has 0 aromatic heterocycles. The molecule has 8 heteroatoms. The summed E-state index contributed by atoms with van der Waals surface area (Å²) in [7, 11) is -3.65. The third kappa shape index (κ3) is 5.95. The lowest BCUT2D eigenvalue weighted by atomic mass is 10.3. The van der Waals surface area contributed by atoms with Crippen LogP contribution >= 0.6 is 11.6 Å². The number of nitrogens with one attached hydrogen (secondary N) is 1. The van der Waals surface area contributed by atoms with Crippen LogP contribution in [0.3, 0.4) is 0 Å². The maximum absolute atomic E-state index is 12.1. The van der Waals surface area contributed by atoms with Crippen molar-refractivity contribution in [3.63, 3.8) is 0 Å². The summed E-state index contributed by atoms with van der Waals surface area (Å²) in [5.41, 5.74) is 0.266. The first-order chi connectivity index (χ1) is 11.9. The molecule has 0 aliphatic heterocycles. The number of halogens is 1. The van der Waals surface area contributed by atoms with Gasteiger partial charge in [-0.1, -0.05) is 41.9 Å². The van der Waals surface area contributed by atoms with Crippen molar-refractivity contribution in [1.29, 1.82) is 0 Å². The van der Waals surface area contributed by atoms with Gasteiger partial charge in [0.25, 0.3) is 0 Å². The fourth-order valence-electron chi connectivity index (χ4n) is 2.10. The lowest BCUT2D eigenvalue weighted by Crippen LogP contribution is -2.41. The molecule has 0 bridgehead atoms. The van der Waals surface area contributed by atoms with Crippen LogP contribution in [0.1, 0.15) is 0 Å². The van der Waals surface area contributed by atoms with Gasteiger partial charge in [-0.3, -0.25) is 9.10 Å². The average Bonchev–Trinajstić information content (AvgIpc) is 2.57. The van der Waals surface area contributed by atoms with Crippen molar-refractivity contribution in [2.75, 3.05) is 30.3 Å². The van der Waals surface area contributed by atoms with Crippen molar-refractivity contribution in [2.45, 2.75) is 0 Å². The standard InChI is InChI=1S/C17H19ClN2O4S/c1-25(22,23)20(16-10-6-5-9-15(16)18)13-17(21)19-11-12-24-14-7-3-2-4-8-14/h2-10H,11-13H2,1H3,(H,19,21). The van der Waals surface area contributed by atoms with Gasteiger partial charge in [-0.25, -0.2) is 8.42 Å². The van der Waals surface area contributed by atoms with E-state index in [1.807, 2.05) is 30.3 Å². The van der Waals surface area contributed by atoms with Crippen LogP contribution in [0.4, 0.5) is 5.69 Å². The lowest BCUT2D eigenvalue weighted by molar-refractivity contribution is -0.119. The van der Waals surface area contributed by atoms with E-state index < -0.39 is 15.9 Å². The minimum atomic E-state index is -3.65. The highest BCUT2D eigenvalue weighted by Gasteiger charge is 2.22. The Morgan fingerprint density at radius 2 is 1.76 bits per heavy atom. The fourth-order valence-corrected chi connectivity index (χ4v) is 3.25. The zero-order valence-corrected chi connectivity index (χ0v) is 15.3. The van der Waals surface area contributed by atoms with E-state index in [1.54, 1.807) is 24.3 Å². The molecule has 2 aromatic carbocycles. The van der Waals surface area contributed by atoms with Gasteiger partial charge in [0.2, 0.25) is 15.9 Å². The van der Waals surface area contributed by atoms with Crippen molar-refractivity contribution in [3.05, 3.63) is 59.6 Å². The minimum absolute atomic E-state index is 0.258. The predicted molar refractivity (Wildman–Crippen MR) is 98.6 cm³/mol. The number of rotatable bonds is 8. The Hall–Kier alpha value is -2.25. The van der Waals surface area contributed by atoms with Gasteiger partial charge >= 0.3 is 0 Å². The van der Waals surface area contributed by atoms with Gasteiger partial charge in [0.1, 0.15) is 18.9 Å². The highest BCUT2D eigenvalue weighted by Crippen LogP contribution is 2.26. The first kappa shape index (κ1) is 19.1. The highest BCUT2D eigenvalue weighted by molar-refractivity contribution is 7.92. The molecule has 0 atom stereocenters. The van der Waals surface area contributed by atoms with Gasteiger partial charge in [-0.2, -0.15) is 0 Å². The molecule has 0 unspecified atom stereocenters. The maximum Gasteiger partial charge on any atom is 0.240 e. The summed E-state index contributed by atoms with van der Waals surface area (Å²) in [6.45, 7) is 0.183. The van der Waals surface area contributed by atoms with E-state index in [1.165, 1.54) is 0 Å². The van der Waals surface area contributed by atoms with Crippen molar-refractivity contribution in [1.82, 2.24) is 5.32 Å². The number of anilines is 1. The zero-order valence-electron chi connectivity index (χ0n) is 13.7. The van der Waals surface area contributed by atoms with Crippen molar-refractivity contribution in [3.8, 4) is 5.75 Å². The Kier molecular flexibility index (Phi) is 6.66. The molecule has 2 aromatic rings. The summed E-state index contributed by atoms with van der Waals surface area (Å²) in [6, 6.07) is 15.7. The van der Waals surface area contributed by atoms with Crippen LogP contribution in [-0.4, -0.2) is 40.3 Å². The normalized spacial score (nSPS) is 11.0. The van der Waals surface area contributed by atoms with E-state index in [9.17, 15) is 13.2 Å². The monoisotopic (exact) mass is 382 g/mol. The molecule has 0 aliphatic rings. The van der Waals surface area contributed by atoms with Crippen LogP contribution in [0.5, 0.6) is 5.75 Å². The summed E-state index contributed by atoms with van der Waals surface area (Å²) in [5, 5.41) is 2.89. The number of nitrogens with zero attached hydrogens (tertiary/aromatic N) is 1. The molecule has 1 N–H and O–H groups in total. The van der Waals surface area contributed by atoms with Gasteiger partial charge in [-0.15, -0.1) is 0 Å². The molecule has 134 valence electrons. The molecule has 0 saturated heterocycles. The van der Waals surface area contributed by atoms with Crippen LogP contribution in [-0.2, 0) is 14.8 Å². The van der Waals surface area contributed by atoms with Crippen molar-refractivity contribution >= 4 is 33.2 Å². The minimum Gasteiger partial charge on any atom is -0.492 e. The summed E-state index contributed by atoms with van der Waals surface area (Å²) in [4.78, 5) is 12.1. The maximum atomic E-state index is 12.1. The van der Waals surface area contributed by atoms with Crippen LogP contribution < -0.4 is 14.4 Å². The van der Waals surface area contributed by atoms with E-state index in [4.69, 9.17) is 16.3 Å². The van der Waals surface area contributed by atoms with E-state index >= 15 is 0 Å². The number of para-hydroxylation sites is 2. The summed E-state index contributed by atoms with van der Waals surface area (Å²) < 4.78 is 30.4. The molecule has 2 rings (SSSR count). The number of hydrogen-bond acceptors (Lipinski definition) is 4. The lowest BCUT2D eigenvalue weighted by Gasteiger charge is -2.22. The molecular formula is C17H19ClN2O4S. The third-order valence-corrected chi connectivity index (χ3v) is 4.69. The Morgan fingerprint density at radius 3 is 2.40 bits per heavy atom. The number of amides is 1. The first-order valence-electron chi connectivity index (χ1n) is 7.55.